The molecule has 5 atom stereocenters. The van der Waals surface area contributed by atoms with E-state index in [-0.39, 0.29) is 18.3 Å². The SMILES string of the molecule is O=C(O)CCCCCCC1C(O)CC(O)C1CCC(O)/C=C/c1ccccc1. The van der Waals surface area contributed by atoms with Gasteiger partial charge in [0, 0.05) is 6.42 Å². The molecular weight excluding hydrogens is 356 g/mol. The van der Waals surface area contributed by atoms with E-state index in [0.29, 0.717) is 25.7 Å². The first-order valence-corrected chi connectivity index (χ1v) is 10.5. The molecule has 0 amide bonds. The second-order valence-corrected chi connectivity index (χ2v) is 7.96. The second kappa shape index (κ2) is 12.0. The molecule has 2 rings (SSSR count). The molecule has 0 radical (unpaired) electrons. The maximum absolute atomic E-state index is 10.5. The predicted octanol–water partition coefficient (Wildman–Crippen LogP) is 3.62. The van der Waals surface area contributed by atoms with Crippen LogP contribution < -0.4 is 0 Å². The lowest BCUT2D eigenvalue weighted by Gasteiger charge is -2.24. The Morgan fingerprint density at radius 2 is 1.64 bits per heavy atom. The van der Waals surface area contributed by atoms with E-state index in [0.717, 1.165) is 31.2 Å². The molecule has 1 fully saturated rings. The molecule has 0 saturated heterocycles. The summed E-state index contributed by atoms with van der Waals surface area (Å²) in [6.45, 7) is 0. The third-order valence-corrected chi connectivity index (χ3v) is 5.81. The predicted molar refractivity (Wildman–Crippen MR) is 110 cm³/mol. The molecule has 0 bridgehead atoms. The van der Waals surface area contributed by atoms with E-state index in [1.54, 1.807) is 6.08 Å². The van der Waals surface area contributed by atoms with Crippen LogP contribution in [0.4, 0.5) is 0 Å². The van der Waals surface area contributed by atoms with Crippen molar-refractivity contribution in [2.75, 3.05) is 0 Å². The molecule has 0 heterocycles. The number of rotatable bonds is 12. The quantitative estimate of drug-likeness (QED) is 0.409. The minimum atomic E-state index is -0.755. The molecule has 156 valence electrons. The van der Waals surface area contributed by atoms with Gasteiger partial charge in [-0.1, -0.05) is 61.7 Å². The van der Waals surface area contributed by atoms with Crippen molar-refractivity contribution < 1.29 is 25.2 Å². The maximum atomic E-state index is 10.5. The summed E-state index contributed by atoms with van der Waals surface area (Å²) in [6.07, 6.45) is 8.26. The highest BCUT2D eigenvalue weighted by molar-refractivity contribution is 5.66. The van der Waals surface area contributed by atoms with Gasteiger partial charge >= 0.3 is 5.97 Å². The topological polar surface area (TPSA) is 98.0 Å². The zero-order valence-corrected chi connectivity index (χ0v) is 16.5. The Morgan fingerprint density at radius 3 is 2.32 bits per heavy atom. The summed E-state index contributed by atoms with van der Waals surface area (Å²) in [6, 6.07) is 9.82. The monoisotopic (exact) mass is 390 g/mol. The number of hydrogen-bond donors (Lipinski definition) is 4. The van der Waals surface area contributed by atoms with Gasteiger partial charge in [-0.2, -0.15) is 0 Å². The lowest BCUT2D eigenvalue weighted by Crippen LogP contribution is -2.23. The lowest BCUT2D eigenvalue weighted by atomic mass is 9.85. The van der Waals surface area contributed by atoms with Crippen LogP contribution in [0.25, 0.3) is 6.08 Å². The second-order valence-electron chi connectivity index (χ2n) is 7.96. The fourth-order valence-corrected chi connectivity index (χ4v) is 4.24. The normalized spacial score (nSPS) is 26.0. The van der Waals surface area contributed by atoms with Crippen LogP contribution >= 0.6 is 0 Å². The standard InChI is InChI=1S/C23H34O5/c24-18(13-12-17-8-4-3-5-9-17)14-15-20-19(21(25)16-22(20)26)10-6-1-2-7-11-23(27)28/h3-5,8-9,12-13,18-22,24-26H,1-2,6-7,10-11,14-16H2,(H,27,28)/b13-12+. The van der Waals surface area contributed by atoms with Crippen molar-refractivity contribution in [3.8, 4) is 0 Å². The average Bonchev–Trinajstić information content (AvgIpc) is 2.94. The first-order chi connectivity index (χ1) is 13.5. The van der Waals surface area contributed by atoms with E-state index >= 15 is 0 Å². The fourth-order valence-electron chi connectivity index (χ4n) is 4.24. The number of carboxylic acid groups (broad SMARTS) is 1. The van der Waals surface area contributed by atoms with Gasteiger partial charge in [0.2, 0.25) is 0 Å². The molecule has 28 heavy (non-hydrogen) atoms. The number of aliphatic carboxylic acids is 1. The summed E-state index contributed by atoms with van der Waals surface area (Å²) >= 11 is 0. The molecule has 1 saturated carbocycles. The van der Waals surface area contributed by atoms with E-state index < -0.39 is 24.3 Å². The first-order valence-electron chi connectivity index (χ1n) is 10.5. The van der Waals surface area contributed by atoms with E-state index in [4.69, 9.17) is 5.11 Å². The summed E-state index contributed by atoms with van der Waals surface area (Å²) in [7, 11) is 0. The number of unbranched alkanes of at least 4 members (excludes halogenated alkanes) is 3. The lowest BCUT2D eigenvalue weighted by molar-refractivity contribution is -0.137. The van der Waals surface area contributed by atoms with Gasteiger partial charge in [-0.3, -0.25) is 4.79 Å². The Labute approximate surface area is 167 Å². The zero-order chi connectivity index (χ0) is 20.4. The van der Waals surface area contributed by atoms with Crippen LogP contribution in [-0.4, -0.2) is 44.7 Å². The third kappa shape index (κ3) is 7.74. The molecule has 5 nitrogen and oxygen atoms in total. The van der Waals surface area contributed by atoms with Crippen molar-refractivity contribution in [2.45, 2.75) is 76.1 Å². The molecule has 1 aromatic rings. The Morgan fingerprint density at radius 1 is 1.00 bits per heavy atom. The van der Waals surface area contributed by atoms with Crippen molar-refractivity contribution in [2.24, 2.45) is 11.8 Å². The number of carboxylic acids is 1. The Hall–Kier alpha value is -1.69. The van der Waals surface area contributed by atoms with E-state index in [1.807, 2.05) is 36.4 Å². The Bertz CT molecular complexity index is 600. The Kier molecular flexibility index (Phi) is 9.68. The highest BCUT2D eigenvalue weighted by Gasteiger charge is 2.40. The molecule has 1 aliphatic carbocycles. The van der Waals surface area contributed by atoms with E-state index in [9.17, 15) is 20.1 Å². The largest absolute Gasteiger partial charge is 0.481 e. The maximum Gasteiger partial charge on any atom is 0.303 e. The number of aliphatic hydroxyl groups excluding tert-OH is 3. The van der Waals surface area contributed by atoms with Crippen molar-refractivity contribution in [1.29, 1.82) is 0 Å². The summed E-state index contributed by atoms with van der Waals surface area (Å²) in [5, 5.41) is 39.5. The van der Waals surface area contributed by atoms with Gasteiger partial charge < -0.3 is 20.4 Å². The number of aliphatic hydroxyl groups is 3. The van der Waals surface area contributed by atoms with E-state index in [1.165, 1.54) is 0 Å². The van der Waals surface area contributed by atoms with Crippen LogP contribution in [-0.2, 0) is 4.79 Å². The van der Waals surface area contributed by atoms with Crippen LogP contribution in [0.2, 0.25) is 0 Å². The van der Waals surface area contributed by atoms with Gasteiger partial charge in [0.25, 0.3) is 0 Å². The summed E-state index contributed by atoms with van der Waals surface area (Å²) in [4.78, 5) is 10.5. The van der Waals surface area contributed by atoms with Crippen LogP contribution in [0.1, 0.15) is 63.4 Å². The highest BCUT2D eigenvalue weighted by Crippen LogP contribution is 2.39. The molecule has 4 N–H and O–H groups in total. The average molecular weight is 391 g/mol. The van der Waals surface area contributed by atoms with Gasteiger partial charge in [-0.25, -0.2) is 0 Å². The van der Waals surface area contributed by atoms with Gasteiger partial charge in [0.15, 0.2) is 0 Å². The van der Waals surface area contributed by atoms with Crippen molar-refractivity contribution >= 4 is 12.0 Å². The van der Waals surface area contributed by atoms with Gasteiger partial charge in [0.05, 0.1) is 18.3 Å². The van der Waals surface area contributed by atoms with Crippen LogP contribution in [0.5, 0.6) is 0 Å². The first kappa shape index (κ1) is 22.6. The van der Waals surface area contributed by atoms with Gasteiger partial charge in [-0.05, 0) is 49.5 Å². The molecule has 1 aromatic carbocycles. The third-order valence-electron chi connectivity index (χ3n) is 5.81. The van der Waals surface area contributed by atoms with Crippen LogP contribution in [0.15, 0.2) is 36.4 Å². The summed E-state index contributed by atoms with van der Waals surface area (Å²) in [5.41, 5.74) is 1.04. The molecule has 0 aliphatic heterocycles. The van der Waals surface area contributed by atoms with Crippen molar-refractivity contribution in [3.63, 3.8) is 0 Å². The van der Waals surface area contributed by atoms with Crippen molar-refractivity contribution in [3.05, 3.63) is 42.0 Å². The summed E-state index contributed by atoms with van der Waals surface area (Å²) in [5.74, 6) is -0.692. The number of carbonyl (C=O) groups is 1. The molecule has 5 heteroatoms. The van der Waals surface area contributed by atoms with Crippen LogP contribution in [0.3, 0.4) is 0 Å². The molecule has 0 aromatic heterocycles. The smallest absolute Gasteiger partial charge is 0.303 e. The molecular formula is C23H34O5. The fraction of sp³-hybridized carbons (Fsp3) is 0.609. The van der Waals surface area contributed by atoms with Gasteiger partial charge in [0.1, 0.15) is 0 Å². The molecule has 0 spiro atoms. The molecule has 5 unspecified atom stereocenters. The van der Waals surface area contributed by atoms with Gasteiger partial charge in [-0.15, -0.1) is 0 Å². The van der Waals surface area contributed by atoms with Crippen molar-refractivity contribution in [1.82, 2.24) is 0 Å². The minimum Gasteiger partial charge on any atom is -0.481 e. The number of benzene rings is 1. The highest BCUT2D eigenvalue weighted by atomic mass is 16.4. The Balaban J connectivity index is 1.74. The molecule has 1 aliphatic rings. The zero-order valence-electron chi connectivity index (χ0n) is 16.5. The summed E-state index contributed by atoms with van der Waals surface area (Å²) < 4.78 is 0. The van der Waals surface area contributed by atoms with Crippen LogP contribution in [0, 0.1) is 11.8 Å². The number of hydrogen-bond acceptors (Lipinski definition) is 4. The minimum absolute atomic E-state index is 0.00814. The van der Waals surface area contributed by atoms with E-state index in [2.05, 4.69) is 0 Å².